The lowest BCUT2D eigenvalue weighted by molar-refractivity contribution is -0.0452. The van der Waals surface area contributed by atoms with Crippen molar-refractivity contribution in [1.29, 1.82) is 0 Å². The fraction of sp³-hybridized carbons (Fsp3) is 1.00. The lowest BCUT2D eigenvalue weighted by atomic mass is 9.90. The molecule has 2 aliphatic heterocycles. The zero-order valence-corrected chi connectivity index (χ0v) is 11.1. The molecule has 0 spiro atoms. The van der Waals surface area contributed by atoms with E-state index in [0.29, 0.717) is 5.92 Å². The monoisotopic (exact) mass is 242 g/mol. The summed E-state index contributed by atoms with van der Waals surface area (Å²) in [6.45, 7) is 4.78. The summed E-state index contributed by atoms with van der Waals surface area (Å²) >= 11 is 0. The first kappa shape index (κ1) is 13.3. The van der Waals surface area contributed by atoms with Crippen molar-refractivity contribution in [3.8, 4) is 0 Å². The van der Waals surface area contributed by atoms with Gasteiger partial charge in [0.15, 0.2) is 0 Å². The van der Waals surface area contributed by atoms with Crippen molar-refractivity contribution >= 4 is 0 Å². The summed E-state index contributed by atoms with van der Waals surface area (Å²) in [7, 11) is 4.28. The van der Waals surface area contributed by atoms with Gasteiger partial charge in [-0.3, -0.25) is 4.90 Å². The number of likely N-dealkylation sites (N-methyl/N-ethyl adjacent to an activating group) is 2. The van der Waals surface area contributed by atoms with E-state index in [4.69, 9.17) is 4.74 Å². The van der Waals surface area contributed by atoms with Gasteiger partial charge in [0.2, 0.25) is 0 Å². The van der Waals surface area contributed by atoms with E-state index in [9.17, 15) is 5.11 Å². The van der Waals surface area contributed by atoms with Crippen molar-refractivity contribution in [3.63, 3.8) is 0 Å². The topological polar surface area (TPSA) is 35.9 Å². The zero-order chi connectivity index (χ0) is 12.3. The van der Waals surface area contributed by atoms with E-state index in [-0.39, 0.29) is 12.1 Å². The van der Waals surface area contributed by atoms with Gasteiger partial charge in [0, 0.05) is 25.1 Å². The number of aliphatic hydroxyl groups excluding tert-OH is 1. The summed E-state index contributed by atoms with van der Waals surface area (Å²) in [5, 5.41) is 10.6. The third-order valence-electron chi connectivity index (χ3n) is 4.19. The van der Waals surface area contributed by atoms with Gasteiger partial charge in [-0.1, -0.05) is 0 Å². The van der Waals surface area contributed by atoms with E-state index in [2.05, 4.69) is 23.9 Å². The summed E-state index contributed by atoms with van der Waals surface area (Å²) < 4.78 is 5.50. The van der Waals surface area contributed by atoms with E-state index in [1.165, 1.54) is 6.42 Å². The Bertz CT molecular complexity index is 231. The summed E-state index contributed by atoms with van der Waals surface area (Å²) in [6, 6.07) is 0.259. The van der Waals surface area contributed by atoms with Crippen molar-refractivity contribution in [1.82, 2.24) is 9.80 Å². The highest BCUT2D eigenvalue weighted by molar-refractivity contribution is 4.87. The average Bonchev–Trinajstić information content (AvgIpc) is 2.51. The molecule has 0 bridgehead atoms. The minimum absolute atomic E-state index is 0.249. The minimum atomic E-state index is -0.249. The highest BCUT2D eigenvalue weighted by atomic mass is 16.5. The number of hydrogen-bond acceptors (Lipinski definition) is 4. The van der Waals surface area contributed by atoms with Gasteiger partial charge in [-0.05, 0) is 46.4 Å². The molecule has 3 unspecified atom stereocenters. The van der Waals surface area contributed by atoms with Gasteiger partial charge in [0.05, 0.1) is 12.7 Å². The predicted octanol–water partition coefficient (Wildman–Crippen LogP) is 0.410. The fourth-order valence-corrected chi connectivity index (χ4v) is 3.02. The lowest BCUT2D eigenvalue weighted by Crippen LogP contribution is -2.50. The molecule has 0 radical (unpaired) electrons. The second kappa shape index (κ2) is 6.14. The molecule has 2 rings (SSSR count). The SMILES string of the molecule is CN1CCCN(C)C(C(O)C2CCCOC2)C1. The third kappa shape index (κ3) is 3.41. The number of nitrogens with zero attached hydrogens (tertiary/aromatic N) is 2. The maximum Gasteiger partial charge on any atom is 0.0757 e. The van der Waals surface area contributed by atoms with Crippen LogP contribution >= 0.6 is 0 Å². The van der Waals surface area contributed by atoms with Crippen molar-refractivity contribution in [2.75, 3.05) is 46.9 Å². The van der Waals surface area contributed by atoms with Crippen LogP contribution in [0.2, 0.25) is 0 Å². The Hall–Kier alpha value is -0.160. The molecule has 0 aromatic heterocycles. The number of ether oxygens (including phenoxy) is 1. The molecule has 2 aliphatic rings. The molecule has 3 atom stereocenters. The number of aliphatic hydroxyl groups is 1. The van der Waals surface area contributed by atoms with Gasteiger partial charge in [-0.15, -0.1) is 0 Å². The molecule has 100 valence electrons. The van der Waals surface area contributed by atoms with Crippen molar-refractivity contribution < 1.29 is 9.84 Å². The maximum atomic E-state index is 10.6. The van der Waals surface area contributed by atoms with Crippen LogP contribution in [-0.4, -0.2) is 74.0 Å². The number of hydrogen-bond donors (Lipinski definition) is 1. The Balaban J connectivity index is 1.96. The largest absolute Gasteiger partial charge is 0.391 e. The minimum Gasteiger partial charge on any atom is -0.391 e. The zero-order valence-electron chi connectivity index (χ0n) is 11.1. The molecule has 1 N–H and O–H groups in total. The van der Waals surface area contributed by atoms with Crippen LogP contribution in [0.4, 0.5) is 0 Å². The van der Waals surface area contributed by atoms with Crippen LogP contribution in [0.15, 0.2) is 0 Å². The normalized spacial score (nSPS) is 35.5. The van der Waals surface area contributed by atoms with E-state index in [1.54, 1.807) is 0 Å². The Morgan fingerprint density at radius 3 is 2.76 bits per heavy atom. The average molecular weight is 242 g/mol. The molecule has 4 nitrogen and oxygen atoms in total. The first-order valence-corrected chi connectivity index (χ1v) is 6.83. The van der Waals surface area contributed by atoms with E-state index in [0.717, 1.165) is 45.7 Å². The Morgan fingerprint density at radius 2 is 2.06 bits per heavy atom. The van der Waals surface area contributed by atoms with Crippen LogP contribution in [-0.2, 0) is 4.74 Å². The molecule has 2 saturated heterocycles. The Labute approximate surface area is 105 Å². The van der Waals surface area contributed by atoms with Crippen LogP contribution < -0.4 is 0 Å². The molecule has 0 saturated carbocycles. The first-order valence-electron chi connectivity index (χ1n) is 6.83. The van der Waals surface area contributed by atoms with Crippen LogP contribution in [0.3, 0.4) is 0 Å². The van der Waals surface area contributed by atoms with Crippen LogP contribution in [0.1, 0.15) is 19.3 Å². The molecular formula is C13H26N2O2. The number of rotatable bonds is 2. The van der Waals surface area contributed by atoms with Gasteiger partial charge < -0.3 is 14.7 Å². The highest BCUT2D eigenvalue weighted by Gasteiger charge is 2.33. The molecule has 0 aliphatic carbocycles. The predicted molar refractivity (Wildman–Crippen MR) is 68.1 cm³/mol. The summed E-state index contributed by atoms with van der Waals surface area (Å²) in [4.78, 5) is 4.66. The smallest absolute Gasteiger partial charge is 0.0757 e. The van der Waals surface area contributed by atoms with E-state index >= 15 is 0 Å². The maximum absolute atomic E-state index is 10.6. The third-order valence-corrected chi connectivity index (χ3v) is 4.19. The van der Waals surface area contributed by atoms with Crippen LogP contribution in [0.25, 0.3) is 0 Å². The van der Waals surface area contributed by atoms with Gasteiger partial charge in [-0.2, -0.15) is 0 Å². The summed E-state index contributed by atoms with van der Waals surface area (Å²) in [5.74, 6) is 0.322. The molecule has 0 aromatic carbocycles. The van der Waals surface area contributed by atoms with E-state index in [1.807, 2.05) is 0 Å². The molecule has 17 heavy (non-hydrogen) atoms. The lowest BCUT2D eigenvalue weighted by Gasteiger charge is -2.37. The van der Waals surface area contributed by atoms with Gasteiger partial charge in [-0.25, -0.2) is 0 Å². The molecule has 4 heteroatoms. The first-order chi connectivity index (χ1) is 8.18. The van der Waals surface area contributed by atoms with Crippen molar-refractivity contribution in [2.45, 2.75) is 31.4 Å². The Kier molecular flexibility index (Phi) is 4.79. The van der Waals surface area contributed by atoms with Gasteiger partial charge in [0.25, 0.3) is 0 Å². The standard InChI is InChI=1S/C13H26N2O2/c1-14-6-4-7-15(2)12(9-14)13(16)11-5-3-8-17-10-11/h11-13,16H,3-10H2,1-2H3. The molecule has 0 amide bonds. The second-order valence-corrected chi connectivity index (χ2v) is 5.63. The molecule has 0 aromatic rings. The molecule has 2 heterocycles. The van der Waals surface area contributed by atoms with Crippen molar-refractivity contribution in [2.24, 2.45) is 5.92 Å². The summed E-state index contributed by atoms with van der Waals surface area (Å²) in [5.41, 5.74) is 0. The second-order valence-electron chi connectivity index (χ2n) is 5.63. The Morgan fingerprint density at radius 1 is 1.24 bits per heavy atom. The van der Waals surface area contributed by atoms with Crippen molar-refractivity contribution in [3.05, 3.63) is 0 Å². The molecular weight excluding hydrogens is 216 g/mol. The van der Waals surface area contributed by atoms with Crippen LogP contribution in [0.5, 0.6) is 0 Å². The van der Waals surface area contributed by atoms with Crippen LogP contribution in [0, 0.1) is 5.92 Å². The van der Waals surface area contributed by atoms with Gasteiger partial charge in [0.1, 0.15) is 0 Å². The van der Waals surface area contributed by atoms with Gasteiger partial charge >= 0.3 is 0 Å². The fourth-order valence-electron chi connectivity index (χ4n) is 3.02. The highest BCUT2D eigenvalue weighted by Crippen LogP contribution is 2.23. The molecule has 2 fully saturated rings. The quantitative estimate of drug-likeness (QED) is 0.761. The summed E-state index contributed by atoms with van der Waals surface area (Å²) in [6.07, 6.45) is 3.14. The van der Waals surface area contributed by atoms with E-state index < -0.39 is 0 Å².